The Morgan fingerprint density at radius 3 is 3.18 bits per heavy atom. The number of nitrogens with zero attached hydrogens (tertiary/aromatic N) is 1. The fraction of sp³-hybridized carbons (Fsp3) is 0.125. The van der Waals surface area contributed by atoms with Crippen LogP contribution < -0.4 is 0 Å². The molecular weight excluding hydrogens is 158 g/mol. The van der Waals surface area contributed by atoms with E-state index in [0.717, 1.165) is 11.1 Å². The van der Waals surface area contributed by atoms with E-state index in [1.54, 1.807) is 11.3 Å². The van der Waals surface area contributed by atoms with Crippen LogP contribution >= 0.6 is 11.3 Å². The number of aliphatic hydroxyl groups is 1. The van der Waals surface area contributed by atoms with Gasteiger partial charge in [-0.15, -0.1) is 11.3 Å². The SMILES string of the molecule is OCc1ccc2scnc2c1. The van der Waals surface area contributed by atoms with Crippen molar-refractivity contribution in [3.63, 3.8) is 0 Å². The Morgan fingerprint density at radius 2 is 2.36 bits per heavy atom. The number of aliphatic hydroxyl groups excluding tert-OH is 1. The van der Waals surface area contributed by atoms with E-state index in [1.807, 2.05) is 23.7 Å². The third-order valence-corrected chi connectivity index (χ3v) is 2.39. The van der Waals surface area contributed by atoms with Crippen molar-refractivity contribution in [1.29, 1.82) is 0 Å². The van der Waals surface area contributed by atoms with Crippen LogP contribution in [0.5, 0.6) is 0 Å². The van der Waals surface area contributed by atoms with Crippen LogP contribution in [0.3, 0.4) is 0 Å². The maximum absolute atomic E-state index is 8.81. The first kappa shape index (κ1) is 6.76. The molecule has 3 heteroatoms. The zero-order chi connectivity index (χ0) is 7.68. The van der Waals surface area contributed by atoms with Crippen LogP contribution in [-0.2, 0) is 6.61 Å². The highest BCUT2D eigenvalue weighted by molar-refractivity contribution is 7.16. The molecule has 11 heavy (non-hydrogen) atoms. The first-order valence-corrected chi connectivity index (χ1v) is 4.21. The molecule has 0 spiro atoms. The Labute approximate surface area is 68.1 Å². The molecule has 0 aliphatic heterocycles. The predicted octanol–water partition coefficient (Wildman–Crippen LogP) is 1.79. The standard InChI is InChI=1S/C8H7NOS/c10-4-6-1-2-8-7(3-6)9-5-11-8/h1-3,5,10H,4H2. The topological polar surface area (TPSA) is 33.1 Å². The van der Waals surface area contributed by atoms with E-state index in [1.165, 1.54) is 4.70 Å². The van der Waals surface area contributed by atoms with E-state index in [9.17, 15) is 0 Å². The zero-order valence-electron chi connectivity index (χ0n) is 5.82. The first-order chi connectivity index (χ1) is 5.40. The molecule has 1 aromatic heterocycles. The number of aromatic nitrogens is 1. The number of hydrogen-bond donors (Lipinski definition) is 1. The van der Waals surface area contributed by atoms with Gasteiger partial charge in [0, 0.05) is 0 Å². The summed E-state index contributed by atoms with van der Waals surface area (Å²) < 4.78 is 1.17. The van der Waals surface area contributed by atoms with Crippen LogP contribution in [0, 0.1) is 0 Å². The van der Waals surface area contributed by atoms with Crippen LogP contribution in [0.1, 0.15) is 5.56 Å². The summed E-state index contributed by atoms with van der Waals surface area (Å²) in [5, 5.41) is 8.81. The van der Waals surface area contributed by atoms with Crippen molar-refractivity contribution in [2.24, 2.45) is 0 Å². The van der Waals surface area contributed by atoms with E-state index < -0.39 is 0 Å². The van der Waals surface area contributed by atoms with E-state index in [2.05, 4.69) is 4.98 Å². The lowest BCUT2D eigenvalue weighted by Crippen LogP contribution is -1.80. The predicted molar refractivity (Wildman–Crippen MR) is 45.5 cm³/mol. The maximum atomic E-state index is 8.81. The zero-order valence-corrected chi connectivity index (χ0v) is 6.64. The van der Waals surface area contributed by atoms with Gasteiger partial charge in [0.15, 0.2) is 0 Å². The van der Waals surface area contributed by atoms with Crippen LogP contribution in [0.25, 0.3) is 10.2 Å². The Hall–Kier alpha value is -0.930. The summed E-state index contributed by atoms with van der Waals surface area (Å²) in [7, 11) is 0. The average molecular weight is 165 g/mol. The van der Waals surface area contributed by atoms with Gasteiger partial charge in [0.1, 0.15) is 0 Å². The third kappa shape index (κ3) is 1.13. The van der Waals surface area contributed by atoms with Gasteiger partial charge in [-0.2, -0.15) is 0 Å². The molecule has 2 rings (SSSR count). The van der Waals surface area contributed by atoms with Crippen molar-refractivity contribution in [3.8, 4) is 0 Å². The molecule has 0 saturated heterocycles. The van der Waals surface area contributed by atoms with Crippen molar-refractivity contribution in [2.45, 2.75) is 6.61 Å². The van der Waals surface area contributed by atoms with Crippen molar-refractivity contribution < 1.29 is 5.11 Å². The van der Waals surface area contributed by atoms with E-state index in [0.29, 0.717) is 0 Å². The van der Waals surface area contributed by atoms with Crippen molar-refractivity contribution in [2.75, 3.05) is 0 Å². The smallest absolute Gasteiger partial charge is 0.0815 e. The van der Waals surface area contributed by atoms with Crippen molar-refractivity contribution in [1.82, 2.24) is 4.98 Å². The molecule has 1 N–H and O–H groups in total. The molecule has 0 fully saturated rings. The minimum atomic E-state index is 0.0907. The van der Waals surface area contributed by atoms with Gasteiger partial charge in [-0.25, -0.2) is 4.98 Å². The molecule has 0 saturated carbocycles. The van der Waals surface area contributed by atoms with Gasteiger partial charge < -0.3 is 5.11 Å². The van der Waals surface area contributed by atoms with Crippen molar-refractivity contribution in [3.05, 3.63) is 29.3 Å². The van der Waals surface area contributed by atoms with Crippen LogP contribution in [0.4, 0.5) is 0 Å². The minimum Gasteiger partial charge on any atom is -0.392 e. The monoisotopic (exact) mass is 165 g/mol. The molecule has 2 nitrogen and oxygen atoms in total. The van der Waals surface area contributed by atoms with Crippen LogP contribution in [0.2, 0.25) is 0 Å². The van der Waals surface area contributed by atoms with E-state index in [4.69, 9.17) is 5.11 Å². The van der Waals surface area contributed by atoms with E-state index in [-0.39, 0.29) is 6.61 Å². The van der Waals surface area contributed by atoms with Crippen molar-refractivity contribution >= 4 is 21.6 Å². The number of thiazole rings is 1. The lowest BCUT2D eigenvalue weighted by molar-refractivity contribution is 0.282. The van der Waals surface area contributed by atoms with Crippen LogP contribution in [-0.4, -0.2) is 10.1 Å². The Balaban J connectivity index is 2.67. The van der Waals surface area contributed by atoms with Gasteiger partial charge in [0.25, 0.3) is 0 Å². The molecule has 0 atom stereocenters. The van der Waals surface area contributed by atoms with Gasteiger partial charge in [-0.1, -0.05) is 6.07 Å². The molecule has 2 aromatic rings. The number of rotatable bonds is 1. The first-order valence-electron chi connectivity index (χ1n) is 3.33. The van der Waals surface area contributed by atoms with Gasteiger partial charge in [-0.05, 0) is 17.7 Å². The third-order valence-electron chi connectivity index (χ3n) is 1.58. The molecule has 56 valence electrons. The molecule has 0 bridgehead atoms. The summed E-state index contributed by atoms with van der Waals surface area (Å²) in [5.74, 6) is 0. The van der Waals surface area contributed by atoms with Gasteiger partial charge in [0.2, 0.25) is 0 Å². The summed E-state index contributed by atoms with van der Waals surface area (Å²) in [4.78, 5) is 4.13. The molecule has 0 aliphatic carbocycles. The second-order valence-electron chi connectivity index (χ2n) is 2.31. The minimum absolute atomic E-state index is 0.0907. The number of hydrogen-bond acceptors (Lipinski definition) is 3. The lowest BCUT2D eigenvalue weighted by Gasteiger charge is -1.93. The normalized spacial score (nSPS) is 10.6. The van der Waals surface area contributed by atoms with Gasteiger partial charge >= 0.3 is 0 Å². The van der Waals surface area contributed by atoms with E-state index >= 15 is 0 Å². The van der Waals surface area contributed by atoms with Gasteiger partial charge in [-0.3, -0.25) is 0 Å². The highest BCUT2D eigenvalue weighted by Crippen LogP contribution is 2.18. The maximum Gasteiger partial charge on any atom is 0.0815 e. The van der Waals surface area contributed by atoms with Gasteiger partial charge in [0.05, 0.1) is 22.3 Å². The second kappa shape index (κ2) is 2.60. The summed E-state index contributed by atoms with van der Waals surface area (Å²) in [6.07, 6.45) is 0. The molecule has 1 aromatic carbocycles. The fourth-order valence-corrected chi connectivity index (χ4v) is 1.66. The molecule has 0 radical (unpaired) electrons. The molecule has 0 aliphatic rings. The summed E-state index contributed by atoms with van der Waals surface area (Å²) in [6.45, 7) is 0.0907. The Bertz CT molecular complexity index is 369. The molecule has 0 amide bonds. The largest absolute Gasteiger partial charge is 0.392 e. The Morgan fingerprint density at radius 1 is 1.45 bits per heavy atom. The van der Waals surface area contributed by atoms with Crippen LogP contribution in [0.15, 0.2) is 23.7 Å². The quantitative estimate of drug-likeness (QED) is 0.698. The lowest BCUT2D eigenvalue weighted by atomic mass is 10.2. The summed E-state index contributed by atoms with van der Waals surface area (Å²) >= 11 is 1.61. The highest BCUT2D eigenvalue weighted by atomic mass is 32.1. The number of benzene rings is 1. The Kier molecular flexibility index (Phi) is 1.60. The summed E-state index contributed by atoms with van der Waals surface area (Å²) in [5.41, 5.74) is 3.70. The summed E-state index contributed by atoms with van der Waals surface area (Å²) in [6, 6.07) is 5.81. The molecular formula is C8H7NOS. The molecule has 1 heterocycles. The average Bonchev–Trinajstić information content (AvgIpc) is 2.50. The second-order valence-corrected chi connectivity index (χ2v) is 3.20. The fourth-order valence-electron chi connectivity index (χ4n) is 1.00. The number of fused-ring (bicyclic) bond motifs is 1. The molecule has 0 unspecified atom stereocenters. The highest BCUT2D eigenvalue weighted by Gasteiger charge is 1.96.